The first-order chi connectivity index (χ1) is 27.5. The number of esters is 2. The fourth-order valence-electron chi connectivity index (χ4n) is 4.74. The van der Waals surface area contributed by atoms with Crippen molar-refractivity contribution in [2.75, 3.05) is 14.2 Å². The molecule has 2 rings (SSSR count). The van der Waals surface area contributed by atoms with E-state index in [9.17, 15) is 38.4 Å². The summed E-state index contributed by atoms with van der Waals surface area (Å²) in [4.78, 5) is 98.6. The number of hydrogen-bond acceptors (Lipinski definition) is 14. The summed E-state index contributed by atoms with van der Waals surface area (Å²) in [6, 6.07) is 6.24. The quantitative estimate of drug-likeness (QED) is 0.0634. The van der Waals surface area contributed by atoms with Gasteiger partial charge in [-0.1, -0.05) is 24.3 Å². The van der Waals surface area contributed by atoms with Crippen LogP contribution >= 0.6 is 0 Å². The highest BCUT2D eigenvalue weighted by Crippen LogP contribution is 2.30. The van der Waals surface area contributed by atoms with Crippen LogP contribution < -0.4 is 41.0 Å². The molecule has 320 valence electrons. The van der Waals surface area contributed by atoms with Gasteiger partial charge in [-0.3, -0.25) is 19.2 Å². The maximum atomic E-state index is 13.0. The zero-order valence-corrected chi connectivity index (χ0v) is 34.3. The molecule has 2 aromatic carbocycles. The van der Waals surface area contributed by atoms with Gasteiger partial charge in [0.25, 0.3) is 0 Å². The summed E-state index contributed by atoms with van der Waals surface area (Å²) in [5.74, 6) is -4.06. The van der Waals surface area contributed by atoms with Crippen molar-refractivity contribution in [1.82, 2.24) is 10.6 Å². The van der Waals surface area contributed by atoms with Gasteiger partial charge in [0.2, 0.25) is 11.8 Å². The van der Waals surface area contributed by atoms with Gasteiger partial charge in [0.05, 0.1) is 20.6 Å². The number of methoxy groups -OCH3 is 2. The molecule has 18 nitrogen and oxygen atoms in total. The molecule has 0 heterocycles. The molecule has 6 N–H and O–H groups in total. The summed E-state index contributed by atoms with van der Waals surface area (Å²) >= 11 is 0. The van der Waals surface area contributed by atoms with Crippen LogP contribution in [0.3, 0.4) is 0 Å². The third-order valence-electron chi connectivity index (χ3n) is 7.38. The van der Waals surface area contributed by atoms with Crippen LogP contribution in [0, 0.1) is 0 Å². The third-order valence-corrected chi connectivity index (χ3v) is 7.38. The summed E-state index contributed by atoms with van der Waals surface area (Å²) in [5, 5.41) is 4.77. The fraction of sp³-hybridized carbons (Fsp3) is 0.415. The van der Waals surface area contributed by atoms with Crippen molar-refractivity contribution in [1.29, 1.82) is 0 Å². The Hall–Kier alpha value is -6.72. The van der Waals surface area contributed by atoms with Gasteiger partial charge < -0.3 is 50.5 Å². The zero-order valence-electron chi connectivity index (χ0n) is 34.3. The number of benzene rings is 2. The van der Waals surface area contributed by atoms with E-state index in [4.69, 9.17) is 39.9 Å². The van der Waals surface area contributed by atoms with E-state index in [-0.39, 0.29) is 48.7 Å². The smallest absolute Gasteiger partial charge is 0.408 e. The second-order valence-electron chi connectivity index (χ2n) is 14.8. The second kappa shape index (κ2) is 22.3. The van der Waals surface area contributed by atoms with Crippen molar-refractivity contribution in [2.45, 2.75) is 96.9 Å². The minimum absolute atomic E-state index is 0.0150. The summed E-state index contributed by atoms with van der Waals surface area (Å²) in [6.07, 6.45) is 2.25. The van der Waals surface area contributed by atoms with E-state index in [1.54, 1.807) is 41.5 Å². The van der Waals surface area contributed by atoms with Gasteiger partial charge in [-0.15, -0.1) is 0 Å². The van der Waals surface area contributed by atoms with Crippen LogP contribution in [-0.4, -0.2) is 85.0 Å². The molecule has 0 unspecified atom stereocenters. The molecule has 0 fully saturated rings. The van der Waals surface area contributed by atoms with Crippen molar-refractivity contribution < 1.29 is 66.8 Å². The lowest BCUT2D eigenvalue weighted by Crippen LogP contribution is -2.45. The topological polar surface area (TPSA) is 268 Å². The molecule has 18 heteroatoms. The van der Waals surface area contributed by atoms with Crippen LogP contribution in [0.15, 0.2) is 48.6 Å². The summed E-state index contributed by atoms with van der Waals surface area (Å²) in [5.41, 5.74) is 9.68. The molecule has 2 atom stereocenters. The van der Waals surface area contributed by atoms with Gasteiger partial charge in [0.1, 0.15) is 23.3 Å². The van der Waals surface area contributed by atoms with Gasteiger partial charge in [-0.05, 0) is 102 Å². The number of ketones is 2. The standard InChI is InChI=1S/C41H52N4O14/c1-40(2,3)58-38(52)44-28(15-19-34(42)48)36(50)56-30-17-11-24(21-32(30)54-7)9-13-26(46)23-27(47)14-10-25-12-18-31(33(22-25)55-8)57-37(51)29(16-20-35(43)49)45-39(53)59-41(4,5)6/h9-14,17-18,21-22,28-29H,15-16,19-20,23H2,1-8H3,(H2,42,48)(H2,43,49)(H,44,52)(H,45,53)/b13-9+,14-10+/t28-,29-/m0/s1. The van der Waals surface area contributed by atoms with Crippen LogP contribution in [0.25, 0.3) is 12.2 Å². The van der Waals surface area contributed by atoms with E-state index in [1.807, 2.05) is 0 Å². The number of nitrogens with two attached hydrogens (primary N) is 2. The highest BCUT2D eigenvalue weighted by Gasteiger charge is 2.29. The first-order valence-electron chi connectivity index (χ1n) is 18.3. The van der Waals surface area contributed by atoms with Gasteiger partial charge in [0, 0.05) is 12.8 Å². The third kappa shape index (κ3) is 18.9. The second-order valence-corrected chi connectivity index (χ2v) is 14.8. The molecular weight excluding hydrogens is 772 g/mol. The predicted octanol–water partition coefficient (Wildman–Crippen LogP) is 4.09. The molecular formula is C41H52N4O14. The molecule has 0 aromatic heterocycles. The number of amides is 4. The van der Waals surface area contributed by atoms with Crippen LogP contribution in [-0.2, 0) is 38.2 Å². The Labute approximate surface area is 341 Å². The number of alkyl carbamates (subject to hydrolysis) is 2. The first-order valence-corrected chi connectivity index (χ1v) is 18.3. The lowest BCUT2D eigenvalue weighted by atomic mass is 10.1. The minimum atomic E-state index is -1.27. The summed E-state index contributed by atoms with van der Waals surface area (Å²) in [7, 11) is 2.65. The molecule has 59 heavy (non-hydrogen) atoms. The van der Waals surface area contributed by atoms with Crippen LogP contribution in [0.1, 0.15) is 84.8 Å². The molecule has 0 aliphatic heterocycles. The largest absolute Gasteiger partial charge is 0.493 e. The number of nitrogens with one attached hydrogen (secondary N) is 2. The number of allylic oxidation sites excluding steroid dienone is 2. The Morgan fingerprint density at radius 1 is 0.593 bits per heavy atom. The van der Waals surface area contributed by atoms with E-state index < -0.39 is 77.2 Å². The maximum Gasteiger partial charge on any atom is 0.408 e. The van der Waals surface area contributed by atoms with Gasteiger partial charge in [-0.2, -0.15) is 0 Å². The first kappa shape index (κ1) is 48.4. The lowest BCUT2D eigenvalue weighted by molar-refractivity contribution is -0.138. The Kier molecular flexibility index (Phi) is 18.3. The lowest BCUT2D eigenvalue weighted by Gasteiger charge is -2.23. The van der Waals surface area contributed by atoms with Gasteiger partial charge in [0.15, 0.2) is 34.6 Å². The number of hydrogen-bond donors (Lipinski definition) is 4. The maximum absolute atomic E-state index is 13.0. The Morgan fingerprint density at radius 2 is 0.949 bits per heavy atom. The molecule has 2 aromatic rings. The number of primary amides is 2. The van der Waals surface area contributed by atoms with E-state index in [1.165, 1.54) is 74.9 Å². The Balaban J connectivity index is 2.08. The predicted molar refractivity (Wildman–Crippen MR) is 213 cm³/mol. The van der Waals surface area contributed by atoms with E-state index in [2.05, 4.69) is 10.6 Å². The number of ether oxygens (including phenoxy) is 6. The van der Waals surface area contributed by atoms with Gasteiger partial charge in [-0.25, -0.2) is 19.2 Å². The van der Waals surface area contributed by atoms with Gasteiger partial charge >= 0.3 is 24.1 Å². The van der Waals surface area contributed by atoms with Crippen molar-refractivity contribution in [3.05, 3.63) is 59.7 Å². The van der Waals surface area contributed by atoms with E-state index in [0.29, 0.717) is 11.1 Å². The molecule has 0 aliphatic rings. The molecule has 4 amide bonds. The minimum Gasteiger partial charge on any atom is -0.493 e. The average Bonchev–Trinajstić information content (AvgIpc) is 3.12. The van der Waals surface area contributed by atoms with Crippen LogP contribution in [0.5, 0.6) is 23.0 Å². The number of carbonyl (C=O) groups is 8. The van der Waals surface area contributed by atoms with E-state index in [0.717, 1.165) is 0 Å². The average molecular weight is 825 g/mol. The molecule has 0 aliphatic carbocycles. The molecule has 0 spiro atoms. The summed E-state index contributed by atoms with van der Waals surface area (Å²) in [6.45, 7) is 9.85. The van der Waals surface area contributed by atoms with Crippen molar-refractivity contribution in [2.24, 2.45) is 11.5 Å². The molecule has 0 saturated heterocycles. The number of rotatable bonds is 20. The van der Waals surface area contributed by atoms with E-state index >= 15 is 0 Å². The van der Waals surface area contributed by atoms with Crippen molar-refractivity contribution >= 4 is 59.7 Å². The van der Waals surface area contributed by atoms with Crippen LogP contribution in [0.2, 0.25) is 0 Å². The zero-order chi connectivity index (χ0) is 44.5. The molecule has 0 bridgehead atoms. The Morgan fingerprint density at radius 3 is 1.25 bits per heavy atom. The highest BCUT2D eigenvalue weighted by molar-refractivity contribution is 6.11. The molecule has 0 radical (unpaired) electrons. The molecule has 0 saturated carbocycles. The highest BCUT2D eigenvalue weighted by atomic mass is 16.6. The summed E-state index contributed by atoms with van der Waals surface area (Å²) < 4.78 is 32.0. The van der Waals surface area contributed by atoms with Crippen LogP contribution in [0.4, 0.5) is 9.59 Å². The fourth-order valence-corrected chi connectivity index (χ4v) is 4.74. The SMILES string of the molecule is COc1cc(/C=C/C(=O)CC(=O)/C=C/c2ccc(OC(=O)[C@H](CCC(N)=O)NC(=O)OC(C)(C)C)c(OC)c2)ccc1OC(=O)[C@H](CCC(N)=O)NC(=O)OC(C)(C)C. The monoisotopic (exact) mass is 824 g/mol. The number of carbonyl (C=O) groups excluding carboxylic acids is 8. The normalized spacial score (nSPS) is 12.5. The van der Waals surface area contributed by atoms with Crippen molar-refractivity contribution in [3.8, 4) is 23.0 Å². The Bertz CT molecular complexity index is 1800. The van der Waals surface area contributed by atoms with Crippen molar-refractivity contribution in [3.63, 3.8) is 0 Å².